The van der Waals surface area contributed by atoms with Crippen molar-refractivity contribution >= 4 is 17.9 Å². The van der Waals surface area contributed by atoms with Crippen LogP contribution < -0.4 is 16.0 Å². The fraction of sp³-hybridized carbons (Fsp3) is 0.727. The Bertz CT molecular complexity index is 352. The summed E-state index contributed by atoms with van der Waals surface area (Å²) in [5.41, 5.74) is -0.826. The molecule has 0 heterocycles. The molecule has 3 amide bonds. The van der Waals surface area contributed by atoms with Crippen LogP contribution in [0.3, 0.4) is 0 Å². The van der Waals surface area contributed by atoms with Gasteiger partial charge in [-0.3, -0.25) is 9.59 Å². The van der Waals surface area contributed by atoms with Gasteiger partial charge in [-0.1, -0.05) is 6.42 Å². The second-order valence-corrected chi connectivity index (χ2v) is 4.60. The normalized spacial score (nSPS) is 18.1. The number of hydrogen-bond donors (Lipinski definition) is 4. The van der Waals surface area contributed by atoms with Crippen LogP contribution in [0.25, 0.3) is 0 Å². The molecule has 0 bridgehead atoms. The third-order valence-electron chi connectivity index (χ3n) is 3.34. The number of nitrogens with one attached hydrogen (secondary N) is 3. The molecule has 0 aromatic heterocycles. The van der Waals surface area contributed by atoms with Crippen LogP contribution in [0, 0.1) is 5.41 Å². The highest BCUT2D eigenvalue weighted by atomic mass is 16.4. The minimum Gasteiger partial charge on any atom is -0.481 e. The van der Waals surface area contributed by atoms with Crippen molar-refractivity contribution in [3.63, 3.8) is 0 Å². The van der Waals surface area contributed by atoms with Crippen molar-refractivity contribution in [1.82, 2.24) is 16.0 Å². The molecule has 1 unspecified atom stereocenters. The molecule has 4 N–H and O–H groups in total. The third kappa shape index (κ3) is 3.12. The maximum atomic E-state index is 11.5. The Morgan fingerprint density at radius 2 is 1.94 bits per heavy atom. The van der Waals surface area contributed by atoms with Gasteiger partial charge in [-0.05, 0) is 19.8 Å². The van der Waals surface area contributed by atoms with Crippen molar-refractivity contribution in [3.8, 4) is 0 Å². The molecule has 0 spiro atoms. The predicted octanol–water partition coefficient (Wildman–Crippen LogP) is -0.325. The van der Waals surface area contributed by atoms with Gasteiger partial charge >= 0.3 is 12.0 Å². The molecule has 0 radical (unpaired) electrons. The molecule has 7 heteroatoms. The SMILES string of the molecule is CNC(=O)C(C)NC(=O)NCC1(C(=O)O)CCC1. The first-order valence-corrected chi connectivity index (χ1v) is 5.90. The fourth-order valence-electron chi connectivity index (χ4n) is 1.85. The molecule has 1 rings (SSSR count). The van der Waals surface area contributed by atoms with E-state index in [0.29, 0.717) is 12.8 Å². The molecular weight excluding hydrogens is 238 g/mol. The molecule has 0 saturated heterocycles. The number of hydrogen-bond acceptors (Lipinski definition) is 3. The van der Waals surface area contributed by atoms with Gasteiger partial charge < -0.3 is 21.1 Å². The van der Waals surface area contributed by atoms with E-state index in [4.69, 9.17) is 5.11 Å². The number of rotatable bonds is 5. The van der Waals surface area contributed by atoms with E-state index in [1.54, 1.807) is 6.92 Å². The Morgan fingerprint density at radius 1 is 1.33 bits per heavy atom. The molecule has 1 aliphatic rings. The van der Waals surface area contributed by atoms with Crippen molar-refractivity contribution < 1.29 is 19.5 Å². The van der Waals surface area contributed by atoms with Gasteiger partial charge in [0.1, 0.15) is 6.04 Å². The van der Waals surface area contributed by atoms with Gasteiger partial charge in [0.25, 0.3) is 0 Å². The van der Waals surface area contributed by atoms with E-state index in [2.05, 4.69) is 16.0 Å². The summed E-state index contributed by atoms with van der Waals surface area (Å²) in [6.07, 6.45) is 2.02. The number of carbonyl (C=O) groups excluding carboxylic acids is 2. The molecule has 1 saturated carbocycles. The second-order valence-electron chi connectivity index (χ2n) is 4.60. The lowest BCUT2D eigenvalue weighted by molar-refractivity contribution is -0.153. The molecule has 1 fully saturated rings. The van der Waals surface area contributed by atoms with Crippen LogP contribution in [0.1, 0.15) is 26.2 Å². The quantitative estimate of drug-likeness (QED) is 0.541. The predicted molar refractivity (Wildman–Crippen MR) is 64.0 cm³/mol. The number of carboxylic acids is 1. The van der Waals surface area contributed by atoms with Gasteiger partial charge in [-0.25, -0.2) is 4.79 Å². The monoisotopic (exact) mass is 257 g/mol. The fourth-order valence-corrected chi connectivity index (χ4v) is 1.85. The summed E-state index contributed by atoms with van der Waals surface area (Å²) >= 11 is 0. The van der Waals surface area contributed by atoms with E-state index in [0.717, 1.165) is 6.42 Å². The van der Waals surface area contributed by atoms with Crippen LogP contribution in [0.5, 0.6) is 0 Å². The van der Waals surface area contributed by atoms with Crippen molar-refractivity contribution in [2.24, 2.45) is 5.41 Å². The lowest BCUT2D eigenvalue weighted by Crippen LogP contribution is -2.52. The summed E-state index contributed by atoms with van der Waals surface area (Å²) in [6.45, 7) is 1.64. The highest BCUT2D eigenvalue weighted by Crippen LogP contribution is 2.40. The number of amides is 3. The zero-order valence-corrected chi connectivity index (χ0v) is 10.6. The number of urea groups is 1. The number of carbonyl (C=O) groups is 3. The van der Waals surface area contributed by atoms with Crippen LogP contribution >= 0.6 is 0 Å². The van der Waals surface area contributed by atoms with Crippen LogP contribution in [0.4, 0.5) is 4.79 Å². The summed E-state index contributed by atoms with van der Waals surface area (Å²) in [6, 6.07) is -1.18. The molecule has 1 aliphatic carbocycles. The number of aliphatic carboxylic acids is 1. The number of carboxylic acid groups (broad SMARTS) is 1. The molecule has 7 nitrogen and oxygen atoms in total. The van der Waals surface area contributed by atoms with Crippen molar-refractivity contribution in [2.75, 3.05) is 13.6 Å². The van der Waals surface area contributed by atoms with E-state index >= 15 is 0 Å². The van der Waals surface area contributed by atoms with Gasteiger partial charge in [-0.15, -0.1) is 0 Å². The zero-order chi connectivity index (χ0) is 13.8. The summed E-state index contributed by atoms with van der Waals surface area (Å²) in [7, 11) is 1.48. The molecule has 1 atom stereocenters. The first-order chi connectivity index (χ1) is 8.41. The van der Waals surface area contributed by atoms with Gasteiger partial charge in [0, 0.05) is 13.6 Å². The molecule has 18 heavy (non-hydrogen) atoms. The minimum atomic E-state index is -0.881. The highest BCUT2D eigenvalue weighted by molar-refractivity contribution is 5.86. The summed E-state index contributed by atoms with van der Waals surface area (Å²) < 4.78 is 0. The molecule has 102 valence electrons. The Kier molecular flexibility index (Phi) is 4.52. The first-order valence-electron chi connectivity index (χ1n) is 5.90. The van der Waals surface area contributed by atoms with E-state index in [1.807, 2.05) is 0 Å². The minimum absolute atomic E-state index is 0.0919. The average molecular weight is 257 g/mol. The zero-order valence-electron chi connectivity index (χ0n) is 10.6. The smallest absolute Gasteiger partial charge is 0.315 e. The van der Waals surface area contributed by atoms with E-state index in [1.165, 1.54) is 7.05 Å². The maximum Gasteiger partial charge on any atom is 0.315 e. The van der Waals surface area contributed by atoms with Gasteiger partial charge in [-0.2, -0.15) is 0 Å². The molecule has 0 aliphatic heterocycles. The van der Waals surface area contributed by atoms with Gasteiger partial charge in [0.2, 0.25) is 5.91 Å². The Morgan fingerprint density at radius 3 is 2.33 bits per heavy atom. The van der Waals surface area contributed by atoms with Crippen LogP contribution in [-0.2, 0) is 9.59 Å². The number of likely N-dealkylation sites (N-methyl/N-ethyl adjacent to an activating group) is 1. The van der Waals surface area contributed by atoms with E-state index < -0.39 is 23.5 Å². The van der Waals surface area contributed by atoms with Crippen LogP contribution in [-0.4, -0.2) is 42.6 Å². The summed E-state index contributed by atoms with van der Waals surface area (Å²) in [4.78, 5) is 33.7. The topological polar surface area (TPSA) is 108 Å². The lowest BCUT2D eigenvalue weighted by Gasteiger charge is -2.37. The second kappa shape index (κ2) is 5.70. The Balaban J connectivity index is 2.37. The van der Waals surface area contributed by atoms with Crippen molar-refractivity contribution in [3.05, 3.63) is 0 Å². The van der Waals surface area contributed by atoms with E-state index in [9.17, 15) is 14.4 Å². The largest absolute Gasteiger partial charge is 0.481 e. The van der Waals surface area contributed by atoms with Crippen LogP contribution in [0.15, 0.2) is 0 Å². The first kappa shape index (κ1) is 14.3. The maximum absolute atomic E-state index is 11.5. The molecular formula is C11H19N3O4. The van der Waals surface area contributed by atoms with Gasteiger partial charge in [0.05, 0.1) is 5.41 Å². The molecule has 0 aromatic rings. The molecule has 0 aromatic carbocycles. The summed E-state index contributed by atoms with van der Waals surface area (Å²) in [5.74, 6) is -1.19. The lowest BCUT2D eigenvalue weighted by atomic mass is 9.69. The van der Waals surface area contributed by atoms with Crippen LogP contribution in [0.2, 0.25) is 0 Å². The summed E-state index contributed by atoms with van der Waals surface area (Å²) in [5, 5.41) is 16.4. The standard InChI is InChI=1S/C11H19N3O4/c1-7(8(15)12-2)14-10(18)13-6-11(9(16)17)4-3-5-11/h7H,3-6H2,1-2H3,(H,12,15)(H,16,17)(H2,13,14,18). The Hall–Kier alpha value is -1.79. The average Bonchev–Trinajstić information content (AvgIpc) is 2.25. The van der Waals surface area contributed by atoms with Gasteiger partial charge in [0.15, 0.2) is 0 Å². The third-order valence-corrected chi connectivity index (χ3v) is 3.34. The highest BCUT2D eigenvalue weighted by Gasteiger charge is 2.44. The van der Waals surface area contributed by atoms with Crippen molar-refractivity contribution in [1.29, 1.82) is 0 Å². The Labute approximate surface area is 105 Å². The van der Waals surface area contributed by atoms with Crippen molar-refractivity contribution in [2.45, 2.75) is 32.2 Å². The van der Waals surface area contributed by atoms with E-state index in [-0.39, 0.29) is 12.5 Å².